The van der Waals surface area contributed by atoms with Gasteiger partial charge in [-0.2, -0.15) is 0 Å². The number of aliphatic carboxylic acids is 1. The summed E-state index contributed by atoms with van der Waals surface area (Å²) in [4.78, 5) is 23.4. The van der Waals surface area contributed by atoms with Gasteiger partial charge in [-0.05, 0) is 6.07 Å². The summed E-state index contributed by atoms with van der Waals surface area (Å²) >= 11 is 0. The highest BCUT2D eigenvalue weighted by molar-refractivity contribution is 6.22. The van der Waals surface area contributed by atoms with Crippen molar-refractivity contribution in [2.24, 2.45) is 0 Å². The quantitative estimate of drug-likeness (QED) is 0.792. The second-order valence-electron chi connectivity index (χ2n) is 3.49. The van der Waals surface area contributed by atoms with Crippen LogP contribution in [0.4, 0.5) is 0 Å². The van der Waals surface area contributed by atoms with Crippen molar-refractivity contribution in [1.82, 2.24) is 4.90 Å². The van der Waals surface area contributed by atoms with Crippen molar-refractivity contribution in [3.8, 4) is 0 Å². The summed E-state index contributed by atoms with van der Waals surface area (Å²) in [7, 11) is 0. The van der Waals surface area contributed by atoms with Gasteiger partial charge in [0.25, 0.3) is 5.91 Å². The molecule has 0 aromatic heterocycles. The number of rotatable bonds is 3. The molecule has 5 nitrogen and oxygen atoms in total. The van der Waals surface area contributed by atoms with Crippen molar-refractivity contribution in [2.45, 2.75) is 6.42 Å². The SMILES string of the molecule is N=C1c2ccccc2C(=O)N1CCC(=O)O. The number of carboxylic acid groups (broad SMARTS) is 1. The van der Waals surface area contributed by atoms with Gasteiger partial charge in [0.2, 0.25) is 0 Å². The Kier molecular flexibility index (Phi) is 2.44. The van der Waals surface area contributed by atoms with Gasteiger partial charge in [-0.15, -0.1) is 0 Å². The number of fused-ring (bicyclic) bond motifs is 1. The summed E-state index contributed by atoms with van der Waals surface area (Å²) in [5, 5.41) is 16.3. The molecule has 0 atom stereocenters. The van der Waals surface area contributed by atoms with Crippen LogP contribution in [0.25, 0.3) is 0 Å². The molecule has 1 aromatic rings. The normalized spacial score (nSPS) is 14.1. The van der Waals surface area contributed by atoms with Gasteiger partial charge in [0.1, 0.15) is 5.84 Å². The van der Waals surface area contributed by atoms with Gasteiger partial charge in [-0.25, -0.2) is 0 Å². The maximum Gasteiger partial charge on any atom is 0.305 e. The number of amides is 1. The lowest BCUT2D eigenvalue weighted by Crippen LogP contribution is -2.31. The van der Waals surface area contributed by atoms with Gasteiger partial charge in [0.15, 0.2) is 0 Å². The first kappa shape index (κ1) is 10.4. The minimum Gasteiger partial charge on any atom is -0.481 e. The first-order valence-corrected chi connectivity index (χ1v) is 4.83. The lowest BCUT2D eigenvalue weighted by Gasteiger charge is -2.13. The molecule has 1 aliphatic rings. The molecule has 0 unspecified atom stereocenters. The van der Waals surface area contributed by atoms with E-state index in [1.54, 1.807) is 24.3 Å². The number of amidine groups is 1. The lowest BCUT2D eigenvalue weighted by atomic mass is 10.1. The third-order valence-electron chi connectivity index (χ3n) is 2.48. The number of carbonyl (C=O) groups is 2. The average Bonchev–Trinajstić information content (AvgIpc) is 2.50. The fourth-order valence-electron chi connectivity index (χ4n) is 1.69. The monoisotopic (exact) mass is 218 g/mol. The number of carbonyl (C=O) groups excluding carboxylic acids is 1. The highest BCUT2D eigenvalue weighted by Crippen LogP contribution is 2.22. The number of nitrogens with one attached hydrogen (secondary N) is 1. The van der Waals surface area contributed by atoms with Crippen LogP contribution in [0.3, 0.4) is 0 Å². The van der Waals surface area contributed by atoms with Gasteiger partial charge in [-0.3, -0.25) is 19.9 Å². The maximum absolute atomic E-state index is 11.8. The highest BCUT2D eigenvalue weighted by atomic mass is 16.4. The van der Waals surface area contributed by atoms with Crippen LogP contribution in [0, 0.1) is 5.41 Å². The van der Waals surface area contributed by atoms with Crippen molar-refractivity contribution >= 4 is 17.7 Å². The van der Waals surface area contributed by atoms with E-state index in [0.717, 1.165) is 0 Å². The molecule has 1 aliphatic heterocycles. The van der Waals surface area contributed by atoms with Crippen molar-refractivity contribution in [3.05, 3.63) is 35.4 Å². The Bertz CT molecular complexity index is 447. The molecule has 5 heteroatoms. The Morgan fingerprint density at radius 2 is 1.94 bits per heavy atom. The fraction of sp³-hybridized carbons (Fsp3) is 0.182. The summed E-state index contributed by atoms with van der Waals surface area (Å²) in [5.74, 6) is -1.18. The molecule has 1 amide bonds. The molecular weight excluding hydrogens is 208 g/mol. The fourth-order valence-corrected chi connectivity index (χ4v) is 1.69. The molecule has 0 radical (unpaired) electrons. The first-order chi connectivity index (χ1) is 7.61. The molecule has 1 aromatic carbocycles. The van der Waals surface area contributed by atoms with Crippen LogP contribution in [0.1, 0.15) is 22.3 Å². The summed E-state index contributed by atoms with van der Waals surface area (Å²) < 4.78 is 0. The van der Waals surface area contributed by atoms with Crippen molar-refractivity contribution in [3.63, 3.8) is 0 Å². The van der Waals surface area contributed by atoms with E-state index < -0.39 is 5.97 Å². The van der Waals surface area contributed by atoms with Gasteiger partial charge >= 0.3 is 5.97 Å². The van der Waals surface area contributed by atoms with E-state index in [9.17, 15) is 9.59 Å². The number of carboxylic acids is 1. The Labute approximate surface area is 91.8 Å². The zero-order chi connectivity index (χ0) is 11.7. The van der Waals surface area contributed by atoms with E-state index in [1.807, 2.05) is 0 Å². The lowest BCUT2D eigenvalue weighted by molar-refractivity contribution is -0.137. The molecule has 82 valence electrons. The zero-order valence-corrected chi connectivity index (χ0v) is 8.43. The van der Waals surface area contributed by atoms with Crippen LogP contribution in [0.2, 0.25) is 0 Å². The molecule has 0 bridgehead atoms. The second kappa shape index (κ2) is 3.77. The molecule has 0 aliphatic carbocycles. The first-order valence-electron chi connectivity index (χ1n) is 4.83. The molecule has 0 spiro atoms. The van der Waals surface area contributed by atoms with E-state index in [2.05, 4.69) is 0 Å². The van der Waals surface area contributed by atoms with Gasteiger partial charge in [0, 0.05) is 12.1 Å². The molecule has 16 heavy (non-hydrogen) atoms. The Morgan fingerprint density at radius 1 is 1.31 bits per heavy atom. The maximum atomic E-state index is 11.8. The molecule has 0 saturated carbocycles. The van der Waals surface area contributed by atoms with Crippen LogP contribution in [-0.4, -0.2) is 34.3 Å². The van der Waals surface area contributed by atoms with E-state index in [-0.39, 0.29) is 24.7 Å². The second-order valence-corrected chi connectivity index (χ2v) is 3.49. The number of nitrogens with zero attached hydrogens (tertiary/aromatic N) is 1. The van der Waals surface area contributed by atoms with Crippen LogP contribution in [0.15, 0.2) is 24.3 Å². The third-order valence-corrected chi connectivity index (χ3v) is 2.48. The molecule has 0 saturated heterocycles. The smallest absolute Gasteiger partial charge is 0.305 e. The third kappa shape index (κ3) is 1.56. The summed E-state index contributed by atoms with van der Waals surface area (Å²) in [6, 6.07) is 6.81. The number of benzene rings is 1. The van der Waals surface area contributed by atoms with Crippen molar-refractivity contribution in [2.75, 3.05) is 6.54 Å². The topological polar surface area (TPSA) is 81.5 Å². The minimum atomic E-state index is -0.975. The van der Waals surface area contributed by atoms with Crippen LogP contribution >= 0.6 is 0 Å². The molecule has 0 fully saturated rings. The van der Waals surface area contributed by atoms with Crippen molar-refractivity contribution in [1.29, 1.82) is 5.41 Å². The van der Waals surface area contributed by atoms with Gasteiger partial charge < -0.3 is 5.11 Å². The van der Waals surface area contributed by atoms with Gasteiger partial charge in [0.05, 0.1) is 12.0 Å². The van der Waals surface area contributed by atoms with Crippen LogP contribution in [-0.2, 0) is 4.79 Å². The predicted octanol–water partition coefficient (Wildman–Crippen LogP) is 0.942. The summed E-state index contributed by atoms with van der Waals surface area (Å²) in [5.41, 5.74) is 1.04. The van der Waals surface area contributed by atoms with Gasteiger partial charge in [-0.1, -0.05) is 18.2 Å². The largest absolute Gasteiger partial charge is 0.481 e. The summed E-state index contributed by atoms with van der Waals surface area (Å²) in [6.07, 6.45) is -0.151. The molecule has 2 N–H and O–H groups in total. The Hall–Kier alpha value is -2.17. The summed E-state index contributed by atoms with van der Waals surface area (Å²) in [6.45, 7) is 0.0433. The highest BCUT2D eigenvalue weighted by Gasteiger charge is 2.31. The Balaban J connectivity index is 2.25. The number of hydrogen-bond donors (Lipinski definition) is 2. The minimum absolute atomic E-state index is 0.0433. The van der Waals surface area contributed by atoms with E-state index in [0.29, 0.717) is 11.1 Å². The molecule has 1 heterocycles. The number of hydrogen-bond acceptors (Lipinski definition) is 3. The average molecular weight is 218 g/mol. The Morgan fingerprint density at radius 3 is 2.50 bits per heavy atom. The molecule has 2 rings (SSSR count). The van der Waals surface area contributed by atoms with Crippen LogP contribution < -0.4 is 0 Å². The standard InChI is InChI=1S/C11H10N2O3/c12-10-7-3-1-2-4-8(7)11(16)13(10)6-5-9(14)15/h1-4,12H,5-6H2,(H,14,15). The van der Waals surface area contributed by atoms with Crippen LogP contribution in [0.5, 0.6) is 0 Å². The van der Waals surface area contributed by atoms with E-state index in [1.165, 1.54) is 4.90 Å². The van der Waals surface area contributed by atoms with Crippen molar-refractivity contribution < 1.29 is 14.7 Å². The van der Waals surface area contributed by atoms with E-state index in [4.69, 9.17) is 10.5 Å². The van der Waals surface area contributed by atoms with E-state index >= 15 is 0 Å². The predicted molar refractivity (Wildman–Crippen MR) is 56.6 cm³/mol. The molecular formula is C11H10N2O3. The zero-order valence-electron chi connectivity index (χ0n) is 8.43.